The van der Waals surface area contributed by atoms with E-state index in [9.17, 15) is 0 Å². The maximum Gasteiger partial charge on any atom is 0.123 e. The molecule has 0 amide bonds. The van der Waals surface area contributed by atoms with Gasteiger partial charge in [0.05, 0.1) is 0 Å². The number of likely N-dealkylation sites (tertiary alicyclic amines) is 1. The second kappa shape index (κ2) is 5.05. The lowest BCUT2D eigenvalue weighted by molar-refractivity contribution is 0.111. The third-order valence-electron chi connectivity index (χ3n) is 3.71. The maximum atomic E-state index is 5.73. The molecule has 1 atom stereocenters. The minimum atomic E-state index is 0.525. The molecule has 1 aromatic rings. The van der Waals surface area contributed by atoms with E-state index >= 15 is 0 Å². The second-order valence-corrected chi connectivity index (χ2v) is 5.25. The molecule has 0 aromatic carbocycles. The van der Waals surface area contributed by atoms with Gasteiger partial charge in [-0.2, -0.15) is 0 Å². The van der Waals surface area contributed by atoms with Crippen molar-refractivity contribution in [1.82, 2.24) is 9.88 Å². The van der Waals surface area contributed by atoms with Crippen LogP contribution in [0.3, 0.4) is 0 Å². The molecule has 0 radical (unpaired) electrons. The van der Waals surface area contributed by atoms with Crippen LogP contribution in [0.2, 0.25) is 0 Å². The monoisotopic (exact) mass is 233 g/mol. The summed E-state index contributed by atoms with van der Waals surface area (Å²) in [5.74, 6) is 0.623. The molecule has 94 valence electrons. The number of anilines is 1. The number of nitrogen functional groups attached to an aromatic ring is 1. The Kier molecular flexibility index (Phi) is 3.67. The van der Waals surface area contributed by atoms with Gasteiger partial charge in [-0.15, -0.1) is 0 Å². The molecule has 1 aromatic heterocycles. The van der Waals surface area contributed by atoms with Crippen LogP contribution in [0, 0.1) is 6.92 Å². The van der Waals surface area contributed by atoms with Gasteiger partial charge < -0.3 is 5.73 Å². The molecule has 17 heavy (non-hydrogen) atoms. The summed E-state index contributed by atoms with van der Waals surface area (Å²) in [6.45, 7) is 7.82. The van der Waals surface area contributed by atoms with E-state index < -0.39 is 0 Å². The quantitative estimate of drug-likeness (QED) is 0.854. The summed E-state index contributed by atoms with van der Waals surface area (Å²) in [7, 11) is 0. The van der Waals surface area contributed by atoms with Gasteiger partial charge in [0, 0.05) is 17.8 Å². The lowest BCUT2D eigenvalue weighted by Gasteiger charge is -2.39. The Bertz CT molecular complexity index is 387. The highest BCUT2D eigenvalue weighted by Gasteiger charge is 2.27. The van der Waals surface area contributed by atoms with E-state index in [0.717, 1.165) is 5.69 Å². The fourth-order valence-electron chi connectivity index (χ4n) is 2.85. The van der Waals surface area contributed by atoms with Crippen LogP contribution in [-0.4, -0.2) is 22.5 Å². The number of rotatable bonds is 2. The average molecular weight is 233 g/mol. The van der Waals surface area contributed by atoms with E-state index in [2.05, 4.69) is 36.7 Å². The molecule has 0 spiro atoms. The van der Waals surface area contributed by atoms with Crippen LogP contribution in [0.4, 0.5) is 5.82 Å². The van der Waals surface area contributed by atoms with E-state index in [1.54, 1.807) is 0 Å². The van der Waals surface area contributed by atoms with Crippen molar-refractivity contribution >= 4 is 5.82 Å². The zero-order valence-corrected chi connectivity index (χ0v) is 11.1. The average Bonchev–Trinajstić information content (AvgIpc) is 2.29. The van der Waals surface area contributed by atoms with Crippen LogP contribution < -0.4 is 5.73 Å². The third kappa shape index (κ3) is 2.60. The number of hydrogen-bond donors (Lipinski definition) is 1. The van der Waals surface area contributed by atoms with Crippen LogP contribution in [0.25, 0.3) is 0 Å². The van der Waals surface area contributed by atoms with Gasteiger partial charge in [0.1, 0.15) is 5.82 Å². The number of aryl methyl sites for hydroxylation is 1. The van der Waals surface area contributed by atoms with Gasteiger partial charge in [0.15, 0.2) is 0 Å². The largest absolute Gasteiger partial charge is 0.384 e. The first-order chi connectivity index (χ1) is 8.09. The number of aromatic nitrogens is 1. The maximum absolute atomic E-state index is 5.73. The molecule has 3 heteroatoms. The van der Waals surface area contributed by atoms with E-state index in [4.69, 9.17) is 5.73 Å². The smallest absolute Gasteiger partial charge is 0.123 e. The molecular weight excluding hydrogens is 210 g/mol. The molecule has 3 nitrogen and oxygen atoms in total. The lowest BCUT2D eigenvalue weighted by Crippen LogP contribution is -2.38. The van der Waals surface area contributed by atoms with E-state index in [0.29, 0.717) is 17.9 Å². The van der Waals surface area contributed by atoms with Crippen LogP contribution in [-0.2, 0) is 0 Å². The Morgan fingerprint density at radius 1 is 1.35 bits per heavy atom. The van der Waals surface area contributed by atoms with Gasteiger partial charge in [0.2, 0.25) is 0 Å². The Balaban J connectivity index is 2.29. The number of pyridine rings is 1. The van der Waals surface area contributed by atoms with Crippen molar-refractivity contribution in [2.24, 2.45) is 0 Å². The Morgan fingerprint density at radius 3 is 2.76 bits per heavy atom. The van der Waals surface area contributed by atoms with Crippen molar-refractivity contribution in [2.75, 3.05) is 12.3 Å². The number of hydrogen-bond acceptors (Lipinski definition) is 3. The van der Waals surface area contributed by atoms with Crippen LogP contribution in [0.1, 0.15) is 50.4 Å². The van der Waals surface area contributed by atoms with Crippen molar-refractivity contribution in [3.8, 4) is 0 Å². The summed E-state index contributed by atoms with van der Waals surface area (Å²) in [6, 6.07) is 5.20. The van der Waals surface area contributed by atoms with Gasteiger partial charge in [-0.25, -0.2) is 4.98 Å². The van der Waals surface area contributed by atoms with Gasteiger partial charge in [-0.05, 0) is 51.8 Å². The summed E-state index contributed by atoms with van der Waals surface area (Å²) < 4.78 is 0. The summed E-state index contributed by atoms with van der Waals surface area (Å²) in [5.41, 5.74) is 8.17. The van der Waals surface area contributed by atoms with Crippen molar-refractivity contribution in [1.29, 1.82) is 0 Å². The second-order valence-electron chi connectivity index (χ2n) is 5.25. The summed E-state index contributed by atoms with van der Waals surface area (Å²) in [6.07, 6.45) is 3.87. The molecule has 0 aliphatic carbocycles. The van der Waals surface area contributed by atoms with Gasteiger partial charge in [-0.3, -0.25) is 4.90 Å². The number of piperidine rings is 1. The van der Waals surface area contributed by atoms with Gasteiger partial charge >= 0.3 is 0 Å². The first-order valence-corrected chi connectivity index (χ1v) is 6.58. The predicted octanol–water partition coefficient (Wildman–Crippen LogP) is 2.91. The molecule has 1 fully saturated rings. The molecule has 1 saturated heterocycles. The minimum absolute atomic E-state index is 0.525. The van der Waals surface area contributed by atoms with Crippen molar-refractivity contribution < 1.29 is 0 Å². The Labute approximate surface area is 104 Å². The van der Waals surface area contributed by atoms with Crippen LogP contribution in [0.5, 0.6) is 0 Å². The highest BCUT2D eigenvalue weighted by Crippen LogP contribution is 2.33. The molecule has 0 unspecified atom stereocenters. The molecule has 0 bridgehead atoms. The fourth-order valence-corrected chi connectivity index (χ4v) is 2.85. The van der Waals surface area contributed by atoms with Gasteiger partial charge in [0.25, 0.3) is 0 Å². The zero-order valence-electron chi connectivity index (χ0n) is 11.1. The van der Waals surface area contributed by atoms with Crippen LogP contribution >= 0.6 is 0 Å². The topological polar surface area (TPSA) is 42.1 Å². The predicted molar refractivity (Wildman–Crippen MR) is 71.8 cm³/mol. The molecule has 2 heterocycles. The zero-order chi connectivity index (χ0) is 12.4. The molecule has 2 N–H and O–H groups in total. The first-order valence-electron chi connectivity index (χ1n) is 6.58. The molecule has 0 saturated carbocycles. The lowest BCUT2D eigenvalue weighted by atomic mass is 9.93. The number of nitrogens with zero attached hydrogens (tertiary/aromatic N) is 2. The highest BCUT2D eigenvalue weighted by molar-refractivity contribution is 5.35. The molecule has 2 rings (SSSR count). The normalized spacial score (nSPS) is 22.0. The molecule has 1 aliphatic heterocycles. The highest BCUT2D eigenvalue weighted by atomic mass is 15.2. The Hall–Kier alpha value is -1.09. The van der Waals surface area contributed by atoms with E-state index in [1.807, 2.05) is 6.07 Å². The van der Waals surface area contributed by atoms with Crippen LogP contribution in [0.15, 0.2) is 12.1 Å². The molecular formula is C14H23N3. The summed E-state index contributed by atoms with van der Waals surface area (Å²) >= 11 is 0. The standard InChI is InChI=1S/C14H23N3/c1-10(2)17-9-5-4-6-13(17)12-7-8-14(15)16-11(12)3/h7-8,10,13H,4-6,9H2,1-3H3,(H2,15,16)/t13-/m0/s1. The molecule has 1 aliphatic rings. The first kappa shape index (κ1) is 12.4. The van der Waals surface area contributed by atoms with E-state index in [-0.39, 0.29) is 0 Å². The van der Waals surface area contributed by atoms with Crippen molar-refractivity contribution in [3.05, 3.63) is 23.4 Å². The minimum Gasteiger partial charge on any atom is -0.384 e. The Morgan fingerprint density at radius 2 is 2.12 bits per heavy atom. The van der Waals surface area contributed by atoms with E-state index in [1.165, 1.54) is 31.4 Å². The van der Waals surface area contributed by atoms with Gasteiger partial charge in [-0.1, -0.05) is 12.5 Å². The fraction of sp³-hybridized carbons (Fsp3) is 0.643. The van der Waals surface area contributed by atoms with Crippen molar-refractivity contribution in [2.45, 2.75) is 52.1 Å². The number of nitrogens with two attached hydrogens (primary N) is 1. The summed E-state index contributed by atoms with van der Waals surface area (Å²) in [4.78, 5) is 6.98. The third-order valence-corrected chi connectivity index (χ3v) is 3.71. The summed E-state index contributed by atoms with van der Waals surface area (Å²) in [5, 5.41) is 0. The van der Waals surface area contributed by atoms with Crippen molar-refractivity contribution in [3.63, 3.8) is 0 Å². The SMILES string of the molecule is Cc1nc(N)ccc1[C@@H]1CCCCN1C(C)C.